The molecule has 1 aliphatic rings. The maximum absolute atomic E-state index is 4.49. The zero-order valence-electron chi connectivity index (χ0n) is 13.2. The van der Waals surface area contributed by atoms with Gasteiger partial charge in [-0.2, -0.15) is 0 Å². The van der Waals surface area contributed by atoms with Gasteiger partial charge in [-0.25, -0.2) is 0 Å². The lowest BCUT2D eigenvalue weighted by Gasteiger charge is -2.37. The Morgan fingerprint density at radius 2 is 2.25 bits per heavy atom. The van der Waals surface area contributed by atoms with Crippen molar-refractivity contribution in [3.05, 3.63) is 24.0 Å². The minimum absolute atomic E-state index is 0.685. The van der Waals surface area contributed by atoms with E-state index in [0.717, 1.165) is 18.8 Å². The highest BCUT2D eigenvalue weighted by atomic mass is 15.2. The zero-order chi connectivity index (χ0) is 14.4. The quantitative estimate of drug-likeness (QED) is 0.860. The summed E-state index contributed by atoms with van der Waals surface area (Å²) in [4.78, 5) is 7.07. The standard InChI is InChI=1S/C17H29N3/c1-4-16-7-5-6-10-20(16)17-8-9-19-15(11-17)13-18-12-14(2)3/h8-9,11,14,16,18H,4-7,10,12-13H2,1-3H3. The van der Waals surface area contributed by atoms with Crippen molar-refractivity contribution in [3.8, 4) is 0 Å². The first kappa shape index (κ1) is 15.3. The maximum Gasteiger partial charge on any atom is 0.0562 e. The lowest BCUT2D eigenvalue weighted by Crippen LogP contribution is -2.39. The topological polar surface area (TPSA) is 28.2 Å². The highest BCUT2D eigenvalue weighted by molar-refractivity contribution is 5.48. The molecular weight excluding hydrogens is 246 g/mol. The molecule has 1 fully saturated rings. The SMILES string of the molecule is CCC1CCCCN1c1ccnc(CNCC(C)C)c1. The first-order valence-corrected chi connectivity index (χ1v) is 8.13. The van der Waals surface area contributed by atoms with E-state index in [1.165, 1.54) is 37.9 Å². The van der Waals surface area contributed by atoms with Crippen LogP contribution in [-0.2, 0) is 6.54 Å². The van der Waals surface area contributed by atoms with Crippen LogP contribution in [0.3, 0.4) is 0 Å². The van der Waals surface area contributed by atoms with Crippen LogP contribution in [-0.4, -0.2) is 24.1 Å². The molecule has 0 aromatic carbocycles. The van der Waals surface area contributed by atoms with Gasteiger partial charge in [-0.15, -0.1) is 0 Å². The van der Waals surface area contributed by atoms with Gasteiger partial charge < -0.3 is 10.2 Å². The van der Waals surface area contributed by atoms with Gasteiger partial charge in [0.05, 0.1) is 5.69 Å². The molecule has 2 rings (SSSR count). The normalized spacial score (nSPS) is 19.6. The van der Waals surface area contributed by atoms with E-state index in [9.17, 15) is 0 Å². The predicted molar refractivity (Wildman–Crippen MR) is 86.1 cm³/mol. The van der Waals surface area contributed by atoms with Crippen molar-refractivity contribution in [1.82, 2.24) is 10.3 Å². The second kappa shape index (κ2) is 7.63. The summed E-state index contributed by atoms with van der Waals surface area (Å²) >= 11 is 0. The average Bonchev–Trinajstić information content (AvgIpc) is 2.47. The number of nitrogens with one attached hydrogen (secondary N) is 1. The number of nitrogens with zero attached hydrogens (tertiary/aromatic N) is 2. The number of rotatable bonds is 6. The molecule has 1 unspecified atom stereocenters. The second-order valence-corrected chi connectivity index (χ2v) is 6.28. The van der Waals surface area contributed by atoms with Crippen molar-refractivity contribution in [2.75, 3.05) is 18.0 Å². The molecule has 3 heteroatoms. The number of pyridine rings is 1. The third-order valence-electron chi connectivity index (χ3n) is 4.09. The van der Waals surface area contributed by atoms with Crippen LogP contribution < -0.4 is 10.2 Å². The highest BCUT2D eigenvalue weighted by Crippen LogP contribution is 2.26. The third kappa shape index (κ3) is 4.20. The first-order valence-electron chi connectivity index (χ1n) is 8.13. The number of hydrogen-bond acceptors (Lipinski definition) is 3. The molecule has 1 N–H and O–H groups in total. The molecule has 0 saturated carbocycles. The summed E-state index contributed by atoms with van der Waals surface area (Å²) < 4.78 is 0. The first-order chi connectivity index (χ1) is 9.70. The Morgan fingerprint density at radius 3 is 3.00 bits per heavy atom. The molecule has 20 heavy (non-hydrogen) atoms. The van der Waals surface area contributed by atoms with E-state index in [1.807, 2.05) is 6.20 Å². The number of aromatic nitrogens is 1. The van der Waals surface area contributed by atoms with Crippen molar-refractivity contribution in [2.45, 2.75) is 59.0 Å². The van der Waals surface area contributed by atoms with Gasteiger partial charge in [0.1, 0.15) is 0 Å². The summed E-state index contributed by atoms with van der Waals surface area (Å²) in [7, 11) is 0. The molecule has 1 aliphatic heterocycles. The molecular formula is C17H29N3. The molecule has 1 saturated heterocycles. The van der Waals surface area contributed by atoms with Crippen molar-refractivity contribution in [1.29, 1.82) is 0 Å². The number of hydrogen-bond donors (Lipinski definition) is 1. The Morgan fingerprint density at radius 1 is 1.40 bits per heavy atom. The molecule has 0 bridgehead atoms. The summed E-state index contributed by atoms with van der Waals surface area (Å²) in [5.74, 6) is 0.685. The lowest BCUT2D eigenvalue weighted by molar-refractivity contribution is 0.449. The van der Waals surface area contributed by atoms with Crippen molar-refractivity contribution in [3.63, 3.8) is 0 Å². The van der Waals surface area contributed by atoms with Crippen LogP contribution in [0.2, 0.25) is 0 Å². The zero-order valence-corrected chi connectivity index (χ0v) is 13.2. The molecule has 2 heterocycles. The Labute approximate surface area is 123 Å². The molecule has 0 radical (unpaired) electrons. The van der Waals surface area contributed by atoms with E-state index in [2.05, 4.69) is 48.1 Å². The van der Waals surface area contributed by atoms with Crippen molar-refractivity contribution < 1.29 is 0 Å². The van der Waals surface area contributed by atoms with E-state index in [1.54, 1.807) is 0 Å². The van der Waals surface area contributed by atoms with Gasteiger partial charge in [-0.1, -0.05) is 20.8 Å². The smallest absolute Gasteiger partial charge is 0.0562 e. The Kier molecular flexibility index (Phi) is 5.84. The van der Waals surface area contributed by atoms with E-state index in [4.69, 9.17) is 0 Å². The maximum atomic E-state index is 4.49. The molecule has 1 aromatic heterocycles. The summed E-state index contributed by atoms with van der Waals surface area (Å²) in [5, 5.41) is 3.48. The van der Waals surface area contributed by atoms with Gasteiger partial charge in [0.25, 0.3) is 0 Å². The number of piperidine rings is 1. The fourth-order valence-electron chi connectivity index (χ4n) is 2.99. The Hall–Kier alpha value is -1.09. The van der Waals surface area contributed by atoms with E-state index < -0.39 is 0 Å². The average molecular weight is 275 g/mol. The summed E-state index contributed by atoms with van der Waals surface area (Å²) in [5.41, 5.74) is 2.51. The summed E-state index contributed by atoms with van der Waals surface area (Å²) in [6.45, 7) is 9.88. The third-order valence-corrected chi connectivity index (χ3v) is 4.09. The van der Waals surface area contributed by atoms with E-state index >= 15 is 0 Å². The van der Waals surface area contributed by atoms with Crippen LogP contribution in [0.25, 0.3) is 0 Å². The van der Waals surface area contributed by atoms with Gasteiger partial charge in [0.2, 0.25) is 0 Å². The van der Waals surface area contributed by atoms with Crippen molar-refractivity contribution >= 4 is 5.69 Å². The minimum atomic E-state index is 0.685. The van der Waals surface area contributed by atoms with Gasteiger partial charge >= 0.3 is 0 Å². The molecule has 112 valence electrons. The largest absolute Gasteiger partial charge is 0.368 e. The molecule has 0 amide bonds. The minimum Gasteiger partial charge on any atom is -0.368 e. The van der Waals surface area contributed by atoms with Crippen LogP contribution in [0.5, 0.6) is 0 Å². The van der Waals surface area contributed by atoms with Gasteiger partial charge in [-0.3, -0.25) is 4.98 Å². The van der Waals surface area contributed by atoms with Crippen LogP contribution in [0.15, 0.2) is 18.3 Å². The molecule has 1 aromatic rings. The molecule has 3 nitrogen and oxygen atoms in total. The predicted octanol–water partition coefficient (Wildman–Crippen LogP) is 3.60. The second-order valence-electron chi connectivity index (χ2n) is 6.28. The van der Waals surface area contributed by atoms with Gasteiger partial charge in [0.15, 0.2) is 0 Å². The van der Waals surface area contributed by atoms with Crippen molar-refractivity contribution in [2.24, 2.45) is 5.92 Å². The highest BCUT2D eigenvalue weighted by Gasteiger charge is 2.21. The van der Waals surface area contributed by atoms with Crippen LogP contribution >= 0.6 is 0 Å². The molecule has 0 aliphatic carbocycles. The monoisotopic (exact) mass is 275 g/mol. The Balaban J connectivity index is 2.00. The number of anilines is 1. The fraction of sp³-hybridized carbons (Fsp3) is 0.706. The van der Waals surface area contributed by atoms with Crippen LogP contribution in [0.4, 0.5) is 5.69 Å². The van der Waals surface area contributed by atoms with Crippen LogP contribution in [0, 0.1) is 5.92 Å². The molecule has 0 spiro atoms. The molecule has 1 atom stereocenters. The van der Waals surface area contributed by atoms with E-state index in [-0.39, 0.29) is 0 Å². The van der Waals surface area contributed by atoms with E-state index in [0.29, 0.717) is 12.0 Å². The summed E-state index contributed by atoms with van der Waals surface area (Å²) in [6.07, 6.45) is 7.23. The van der Waals surface area contributed by atoms with Gasteiger partial charge in [-0.05, 0) is 50.3 Å². The fourth-order valence-corrected chi connectivity index (χ4v) is 2.99. The summed E-state index contributed by atoms with van der Waals surface area (Å²) in [6, 6.07) is 5.14. The van der Waals surface area contributed by atoms with Gasteiger partial charge in [0, 0.05) is 31.0 Å². The van der Waals surface area contributed by atoms with Crippen LogP contribution in [0.1, 0.15) is 52.1 Å². The Bertz CT molecular complexity index is 403. The lowest BCUT2D eigenvalue weighted by atomic mass is 9.99.